The number of amides is 2. The highest BCUT2D eigenvalue weighted by Gasteiger charge is 2.33. The normalized spacial score (nSPS) is 12.9. The van der Waals surface area contributed by atoms with Crippen LogP contribution < -0.4 is 9.62 Å². The SMILES string of the molecule is CC[C@H](C)NC(=O)[C@H](CC)N(Cc1ccc(F)cc1)C(=O)CN(c1cc([N+](=O)[O-])ccc1C)S(C)(=O)=O. The van der Waals surface area contributed by atoms with Crippen LogP contribution >= 0.6 is 0 Å². The van der Waals surface area contributed by atoms with Crippen LogP contribution in [0.1, 0.15) is 44.7 Å². The first-order chi connectivity index (χ1) is 17.3. The van der Waals surface area contributed by atoms with Crippen molar-refractivity contribution in [2.45, 2.75) is 59.2 Å². The van der Waals surface area contributed by atoms with Crippen LogP contribution in [0.5, 0.6) is 0 Å². The van der Waals surface area contributed by atoms with E-state index in [1.54, 1.807) is 13.8 Å². The number of rotatable bonds is 12. The van der Waals surface area contributed by atoms with Crippen molar-refractivity contribution in [3.63, 3.8) is 0 Å². The first-order valence-corrected chi connectivity index (χ1v) is 13.7. The maximum Gasteiger partial charge on any atom is 0.271 e. The predicted molar refractivity (Wildman–Crippen MR) is 139 cm³/mol. The Balaban J connectivity index is 2.52. The zero-order valence-electron chi connectivity index (χ0n) is 21.6. The summed E-state index contributed by atoms with van der Waals surface area (Å²) in [7, 11) is -4.05. The van der Waals surface area contributed by atoms with Gasteiger partial charge in [0.25, 0.3) is 5.69 Å². The fraction of sp³-hybridized carbons (Fsp3) is 0.440. The molecule has 0 bridgehead atoms. The highest BCUT2D eigenvalue weighted by atomic mass is 32.2. The molecule has 1 N–H and O–H groups in total. The van der Waals surface area contributed by atoms with E-state index in [0.717, 1.165) is 16.6 Å². The minimum atomic E-state index is -4.05. The van der Waals surface area contributed by atoms with E-state index in [1.807, 2.05) is 13.8 Å². The number of hydrogen-bond donors (Lipinski definition) is 1. The quantitative estimate of drug-likeness (QED) is 0.326. The van der Waals surface area contributed by atoms with Crippen LogP contribution in [0.4, 0.5) is 15.8 Å². The van der Waals surface area contributed by atoms with Crippen molar-refractivity contribution in [2.24, 2.45) is 0 Å². The molecule has 0 saturated carbocycles. The Morgan fingerprint density at radius 2 is 1.73 bits per heavy atom. The van der Waals surface area contributed by atoms with E-state index in [2.05, 4.69) is 5.32 Å². The van der Waals surface area contributed by atoms with Gasteiger partial charge >= 0.3 is 0 Å². The lowest BCUT2D eigenvalue weighted by Crippen LogP contribution is -2.53. The summed E-state index contributed by atoms with van der Waals surface area (Å²) in [5, 5.41) is 14.2. The first-order valence-electron chi connectivity index (χ1n) is 11.8. The largest absolute Gasteiger partial charge is 0.352 e. The molecule has 0 saturated heterocycles. The van der Waals surface area contributed by atoms with Crippen LogP contribution in [0.2, 0.25) is 0 Å². The van der Waals surface area contributed by atoms with Gasteiger partial charge in [-0.3, -0.25) is 24.0 Å². The summed E-state index contributed by atoms with van der Waals surface area (Å²) in [6.45, 7) is 6.27. The Bertz CT molecular complexity index is 1240. The second-order valence-electron chi connectivity index (χ2n) is 8.89. The number of non-ortho nitro benzene ring substituents is 1. The third-order valence-corrected chi connectivity index (χ3v) is 7.13. The van der Waals surface area contributed by atoms with E-state index in [4.69, 9.17) is 0 Å². The summed E-state index contributed by atoms with van der Waals surface area (Å²) in [4.78, 5) is 38.7. The van der Waals surface area contributed by atoms with E-state index < -0.39 is 45.2 Å². The van der Waals surface area contributed by atoms with Gasteiger partial charge in [-0.2, -0.15) is 0 Å². The maximum atomic E-state index is 13.7. The van der Waals surface area contributed by atoms with Crippen molar-refractivity contribution in [3.8, 4) is 0 Å². The summed E-state index contributed by atoms with van der Waals surface area (Å²) in [5.41, 5.74) is 0.616. The Kier molecular flexibility index (Phi) is 10.1. The zero-order chi connectivity index (χ0) is 27.9. The molecule has 2 rings (SSSR count). The van der Waals surface area contributed by atoms with Crippen LogP contribution in [0.3, 0.4) is 0 Å². The lowest BCUT2D eigenvalue weighted by molar-refractivity contribution is -0.384. The lowest BCUT2D eigenvalue weighted by atomic mass is 10.1. The first kappa shape index (κ1) is 29.7. The van der Waals surface area contributed by atoms with E-state index in [9.17, 15) is 32.5 Å². The number of anilines is 1. The molecule has 0 spiro atoms. The second-order valence-corrected chi connectivity index (χ2v) is 10.8. The fourth-order valence-corrected chi connectivity index (χ4v) is 4.62. The molecule has 0 aliphatic heterocycles. The molecular formula is C25H33FN4O6S. The number of benzene rings is 2. The van der Waals surface area contributed by atoms with Gasteiger partial charge < -0.3 is 10.2 Å². The Morgan fingerprint density at radius 1 is 1.11 bits per heavy atom. The molecular weight excluding hydrogens is 503 g/mol. The molecule has 202 valence electrons. The molecule has 0 aliphatic carbocycles. The molecule has 10 nitrogen and oxygen atoms in total. The maximum absolute atomic E-state index is 13.7. The molecule has 2 amide bonds. The molecule has 12 heteroatoms. The molecule has 0 unspecified atom stereocenters. The van der Waals surface area contributed by atoms with Crippen LogP contribution in [-0.4, -0.2) is 54.9 Å². The number of carbonyl (C=O) groups is 2. The number of nitro groups is 1. The smallest absolute Gasteiger partial charge is 0.271 e. The van der Waals surface area contributed by atoms with Crippen molar-refractivity contribution < 1.29 is 27.3 Å². The van der Waals surface area contributed by atoms with Gasteiger partial charge in [0.1, 0.15) is 18.4 Å². The lowest BCUT2D eigenvalue weighted by Gasteiger charge is -2.33. The minimum Gasteiger partial charge on any atom is -0.352 e. The number of carbonyl (C=O) groups excluding carboxylic acids is 2. The zero-order valence-corrected chi connectivity index (χ0v) is 22.4. The van der Waals surface area contributed by atoms with Crippen LogP contribution in [-0.2, 0) is 26.2 Å². The van der Waals surface area contributed by atoms with Gasteiger partial charge in [-0.1, -0.05) is 32.0 Å². The molecule has 2 atom stereocenters. The average Bonchev–Trinajstić information content (AvgIpc) is 2.83. The third-order valence-electron chi connectivity index (χ3n) is 6.00. The number of sulfonamides is 1. The molecule has 37 heavy (non-hydrogen) atoms. The number of aryl methyl sites for hydroxylation is 1. The molecule has 0 aromatic heterocycles. The molecule has 0 fully saturated rings. The fourth-order valence-electron chi connectivity index (χ4n) is 3.72. The summed E-state index contributed by atoms with van der Waals surface area (Å²) >= 11 is 0. The van der Waals surface area contributed by atoms with E-state index in [-0.39, 0.29) is 30.4 Å². The van der Waals surface area contributed by atoms with Crippen LogP contribution in [0.15, 0.2) is 42.5 Å². The Morgan fingerprint density at radius 3 is 2.24 bits per heavy atom. The predicted octanol–water partition coefficient (Wildman–Crippen LogP) is 3.53. The van der Waals surface area contributed by atoms with Gasteiger partial charge in [0.15, 0.2) is 0 Å². The number of nitrogens with one attached hydrogen (secondary N) is 1. The summed E-state index contributed by atoms with van der Waals surface area (Å²) in [6.07, 6.45) is 1.81. The topological polar surface area (TPSA) is 130 Å². The highest BCUT2D eigenvalue weighted by molar-refractivity contribution is 7.92. The van der Waals surface area contributed by atoms with Crippen LogP contribution in [0, 0.1) is 22.9 Å². The summed E-state index contributed by atoms with van der Waals surface area (Å²) < 4.78 is 39.8. The van der Waals surface area contributed by atoms with Gasteiger partial charge in [0.2, 0.25) is 21.8 Å². The standard InChI is InChI=1S/C25H33FN4O6S/c1-6-18(4)27-25(32)22(7-2)28(15-19-9-11-20(26)12-10-19)24(31)16-29(37(5,35)36)23-14-21(30(33)34)13-8-17(23)3/h8-14,18,22H,6-7,15-16H2,1-5H3,(H,27,32)/t18-,22-/m0/s1. The van der Waals surface area contributed by atoms with Crippen molar-refractivity contribution in [1.29, 1.82) is 0 Å². The van der Waals surface area contributed by atoms with E-state index in [0.29, 0.717) is 17.5 Å². The highest BCUT2D eigenvalue weighted by Crippen LogP contribution is 2.28. The van der Waals surface area contributed by atoms with Gasteiger partial charge in [0, 0.05) is 24.7 Å². The van der Waals surface area contributed by atoms with Crippen molar-refractivity contribution in [3.05, 3.63) is 69.5 Å². The minimum absolute atomic E-state index is 0.0103. The van der Waals surface area contributed by atoms with Gasteiger partial charge in [-0.15, -0.1) is 0 Å². The summed E-state index contributed by atoms with van der Waals surface area (Å²) in [6, 6.07) is 8.09. The molecule has 2 aromatic carbocycles. The molecule has 2 aromatic rings. The molecule has 0 radical (unpaired) electrons. The monoisotopic (exact) mass is 536 g/mol. The van der Waals surface area contributed by atoms with E-state index >= 15 is 0 Å². The van der Waals surface area contributed by atoms with Gasteiger partial charge in [0.05, 0.1) is 16.9 Å². The van der Waals surface area contributed by atoms with Crippen LogP contribution in [0.25, 0.3) is 0 Å². The Hall–Kier alpha value is -3.54. The summed E-state index contributed by atoms with van der Waals surface area (Å²) in [5.74, 6) is -1.55. The van der Waals surface area contributed by atoms with Crippen molar-refractivity contribution in [1.82, 2.24) is 10.2 Å². The Labute approximate surface area is 216 Å². The molecule has 0 heterocycles. The van der Waals surface area contributed by atoms with Gasteiger partial charge in [-0.25, -0.2) is 12.8 Å². The van der Waals surface area contributed by atoms with Crippen molar-refractivity contribution in [2.75, 3.05) is 17.1 Å². The van der Waals surface area contributed by atoms with E-state index in [1.165, 1.54) is 41.3 Å². The number of nitro benzene ring substituents is 1. The molecule has 0 aliphatic rings. The third kappa shape index (κ3) is 7.97. The number of halogens is 1. The van der Waals surface area contributed by atoms with Crippen molar-refractivity contribution >= 4 is 33.2 Å². The number of nitrogens with zero attached hydrogens (tertiary/aromatic N) is 3. The second kappa shape index (κ2) is 12.6. The number of hydrogen-bond acceptors (Lipinski definition) is 6. The average molecular weight is 537 g/mol. The van der Waals surface area contributed by atoms with Gasteiger partial charge in [-0.05, 0) is 49.9 Å².